The molecule has 33 heavy (non-hydrogen) atoms. The lowest BCUT2D eigenvalue weighted by molar-refractivity contribution is 0.0471. The Bertz CT molecular complexity index is 1310. The summed E-state index contributed by atoms with van der Waals surface area (Å²) < 4.78 is 17.3. The third-order valence-corrected chi connectivity index (χ3v) is 5.01. The number of Topliss-reactive ketones (excluding diaryl/α,β-unsaturated/α-hetero) is 1. The Balaban J connectivity index is 1.88. The van der Waals surface area contributed by atoms with Crippen LogP contribution in [0.3, 0.4) is 0 Å². The summed E-state index contributed by atoms with van der Waals surface area (Å²) in [6.07, 6.45) is 0. The molecule has 0 atom stereocenters. The van der Waals surface area contributed by atoms with Crippen LogP contribution >= 0.6 is 0 Å². The van der Waals surface area contributed by atoms with Gasteiger partial charge in [-0.05, 0) is 17.7 Å². The van der Waals surface area contributed by atoms with E-state index in [1.54, 1.807) is 24.3 Å². The van der Waals surface area contributed by atoms with Crippen molar-refractivity contribution in [2.45, 2.75) is 6.54 Å². The number of methoxy groups -OCH3 is 2. The number of carbonyl (C=O) groups is 2. The van der Waals surface area contributed by atoms with E-state index in [1.165, 1.54) is 39.5 Å². The van der Waals surface area contributed by atoms with Gasteiger partial charge in [0.15, 0.2) is 6.61 Å². The van der Waals surface area contributed by atoms with Crippen LogP contribution in [-0.2, 0) is 18.3 Å². The van der Waals surface area contributed by atoms with Crippen LogP contribution in [0, 0.1) is 0 Å². The minimum absolute atomic E-state index is 0.0583. The first-order valence-corrected chi connectivity index (χ1v) is 9.84. The first-order chi connectivity index (χ1) is 15.8. The number of aromatic nitrogens is 2. The van der Waals surface area contributed by atoms with E-state index in [2.05, 4.69) is 0 Å². The summed E-state index contributed by atoms with van der Waals surface area (Å²) in [5, 5.41) is 0. The van der Waals surface area contributed by atoms with E-state index >= 15 is 0 Å². The number of hydrogen-bond acceptors (Lipinski definition) is 8. The largest absolute Gasteiger partial charge is 0.497 e. The molecule has 172 valence electrons. The van der Waals surface area contributed by atoms with Gasteiger partial charge in [0.1, 0.15) is 28.4 Å². The van der Waals surface area contributed by atoms with E-state index in [4.69, 9.17) is 19.9 Å². The highest BCUT2D eigenvalue weighted by atomic mass is 16.5. The quantitative estimate of drug-likeness (QED) is 0.398. The van der Waals surface area contributed by atoms with Gasteiger partial charge in [-0.1, -0.05) is 30.3 Å². The van der Waals surface area contributed by atoms with Crippen molar-refractivity contribution in [2.75, 3.05) is 26.6 Å². The molecule has 0 aliphatic carbocycles. The van der Waals surface area contributed by atoms with E-state index in [0.29, 0.717) is 5.75 Å². The van der Waals surface area contributed by atoms with Crippen molar-refractivity contribution in [1.82, 2.24) is 9.13 Å². The maximum absolute atomic E-state index is 12.8. The normalized spacial score (nSPS) is 10.5. The van der Waals surface area contributed by atoms with Crippen LogP contribution in [0.2, 0.25) is 0 Å². The summed E-state index contributed by atoms with van der Waals surface area (Å²) in [6, 6.07) is 13.4. The maximum Gasteiger partial charge on any atom is 0.342 e. The summed E-state index contributed by atoms with van der Waals surface area (Å²) in [4.78, 5) is 50.5. The monoisotopic (exact) mass is 453 g/mol. The molecule has 10 nitrogen and oxygen atoms in total. The Labute approximate surface area is 188 Å². The smallest absolute Gasteiger partial charge is 0.342 e. The molecule has 1 aromatic heterocycles. The standard InChI is InChI=1S/C23H23N3O7/c1-25-21(28)19(20(24)26(23(25)30)12-14-7-5-4-6-8-14)17(27)13-33-22(29)16-10-9-15(31-2)11-18(16)32-3/h4-11H,12-13,24H2,1-3H3. The molecule has 0 spiro atoms. The van der Waals surface area contributed by atoms with Crippen LogP contribution in [0.25, 0.3) is 0 Å². The van der Waals surface area contributed by atoms with Crippen molar-refractivity contribution in [3.8, 4) is 11.5 Å². The number of esters is 1. The van der Waals surface area contributed by atoms with Gasteiger partial charge in [-0.15, -0.1) is 0 Å². The molecule has 0 aliphatic rings. The number of hydrogen-bond donors (Lipinski definition) is 1. The summed E-state index contributed by atoms with van der Waals surface area (Å²) >= 11 is 0. The van der Waals surface area contributed by atoms with Crippen LogP contribution in [0.1, 0.15) is 26.3 Å². The van der Waals surface area contributed by atoms with Gasteiger partial charge in [0.05, 0.1) is 20.8 Å². The lowest BCUT2D eigenvalue weighted by atomic mass is 10.1. The fourth-order valence-electron chi connectivity index (χ4n) is 3.21. The molecule has 0 unspecified atom stereocenters. The highest BCUT2D eigenvalue weighted by Gasteiger charge is 2.24. The Hall–Kier alpha value is -4.34. The summed E-state index contributed by atoms with van der Waals surface area (Å²) in [7, 11) is 4.08. The van der Waals surface area contributed by atoms with E-state index in [0.717, 1.165) is 14.7 Å². The van der Waals surface area contributed by atoms with Gasteiger partial charge in [0.2, 0.25) is 5.78 Å². The molecular weight excluding hydrogens is 430 g/mol. The Morgan fingerprint density at radius 1 is 1.00 bits per heavy atom. The molecule has 0 bridgehead atoms. The van der Waals surface area contributed by atoms with E-state index < -0.39 is 35.2 Å². The van der Waals surface area contributed by atoms with Crippen LogP contribution in [0.15, 0.2) is 58.1 Å². The molecule has 3 rings (SSSR count). The first kappa shape index (κ1) is 23.3. The van der Waals surface area contributed by atoms with E-state index in [9.17, 15) is 19.2 Å². The van der Waals surface area contributed by atoms with Crippen molar-refractivity contribution in [3.63, 3.8) is 0 Å². The Morgan fingerprint density at radius 3 is 2.33 bits per heavy atom. The number of nitrogens with two attached hydrogens (primary N) is 1. The second-order valence-electron chi connectivity index (χ2n) is 7.04. The average molecular weight is 453 g/mol. The number of rotatable bonds is 8. The number of benzene rings is 2. The van der Waals surface area contributed by atoms with Gasteiger partial charge in [-0.25, -0.2) is 9.59 Å². The van der Waals surface area contributed by atoms with Gasteiger partial charge in [0, 0.05) is 13.1 Å². The molecule has 0 radical (unpaired) electrons. The maximum atomic E-state index is 12.8. The molecule has 2 N–H and O–H groups in total. The van der Waals surface area contributed by atoms with Crippen molar-refractivity contribution in [2.24, 2.45) is 7.05 Å². The lowest BCUT2D eigenvalue weighted by Crippen LogP contribution is -2.43. The van der Waals surface area contributed by atoms with Gasteiger partial charge in [-0.2, -0.15) is 0 Å². The minimum atomic E-state index is -0.870. The third kappa shape index (κ3) is 4.79. The van der Waals surface area contributed by atoms with Gasteiger partial charge >= 0.3 is 11.7 Å². The topological polar surface area (TPSA) is 132 Å². The Morgan fingerprint density at radius 2 is 1.70 bits per heavy atom. The zero-order chi connectivity index (χ0) is 24.1. The number of carbonyl (C=O) groups excluding carboxylic acids is 2. The van der Waals surface area contributed by atoms with Crippen molar-refractivity contribution in [3.05, 3.63) is 86.1 Å². The number of ether oxygens (including phenoxy) is 3. The fourth-order valence-corrected chi connectivity index (χ4v) is 3.21. The summed E-state index contributed by atoms with van der Waals surface area (Å²) in [6.45, 7) is -0.695. The van der Waals surface area contributed by atoms with Crippen LogP contribution in [0.5, 0.6) is 11.5 Å². The number of nitrogen functional groups attached to an aromatic ring is 1. The minimum Gasteiger partial charge on any atom is -0.497 e. The van der Waals surface area contributed by atoms with Crippen molar-refractivity contribution < 1.29 is 23.8 Å². The molecule has 0 amide bonds. The number of nitrogens with zero attached hydrogens (tertiary/aromatic N) is 2. The second-order valence-corrected chi connectivity index (χ2v) is 7.04. The molecule has 0 saturated carbocycles. The predicted octanol–water partition coefficient (Wildman–Crippen LogP) is 1.23. The number of anilines is 1. The summed E-state index contributed by atoms with van der Waals surface area (Å²) in [5.41, 5.74) is 4.91. The predicted molar refractivity (Wildman–Crippen MR) is 120 cm³/mol. The molecule has 3 aromatic rings. The van der Waals surface area contributed by atoms with Gasteiger partial charge in [0.25, 0.3) is 5.56 Å². The van der Waals surface area contributed by atoms with Gasteiger partial charge < -0.3 is 19.9 Å². The van der Waals surface area contributed by atoms with E-state index in [-0.39, 0.29) is 23.7 Å². The molecule has 0 saturated heterocycles. The van der Waals surface area contributed by atoms with E-state index in [1.807, 2.05) is 6.07 Å². The van der Waals surface area contributed by atoms with Crippen molar-refractivity contribution >= 4 is 17.6 Å². The number of ketones is 1. The first-order valence-electron chi connectivity index (χ1n) is 9.84. The zero-order valence-electron chi connectivity index (χ0n) is 18.4. The average Bonchev–Trinajstić information content (AvgIpc) is 2.84. The van der Waals surface area contributed by atoms with Crippen LogP contribution in [0.4, 0.5) is 5.82 Å². The molecule has 0 aliphatic heterocycles. The molecule has 1 heterocycles. The highest BCUT2D eigenvalue weighted by Crippen LogP contribution is 2.25. The van der Waals surface area contributed by atoms with Crippen LogP contribution in [-0.4, -0.2) is 41.7 Å². The van der Waals surface area contributed by atoms with Gasteiger partial charge in [-0.3, -0.25) is 18.7 Å². The molecule has 0 fully saturated rings. The van der Waals surface area contributed by atoms with Crippen LogP contribution < -0.4 is 26.5 Å². The Kier molecular flexibility index (Phi) is 6.97. The zero-order valence-corrected chi connectivity index (χ0v) is 18.4. The SMILES string of the molecule is COc1ccc(C(=O)OCC(=O)c2c(N)n(Cc3ccccc3)c(=O)n(C)c2=O)c(OC)c1. The molecule has 2 aromatic carbocycles. The third-order valence-electron chi connectivity index (χ3n) is 5.01. The lowest BCUT2D eigenvalue weighted by Gasteiger charge is -2.15. The second kappa shape index (κ2) is 9.86. The molecular formula is C23H23N3O7. The highest BCUT2D eigenvalue weighted by molar-refractivity contribution is 6.02. The summed E-state index contributed by atoms with van der Waals surface area (Å²) in [5.74, 6) is -1.31. The molecule has 10 heteroatoms. The van der Waals surface area contributed by atoms with Crippen molar-refractivity contribution in [1.29, 1.82) is 0 Å². The fraction of sp³-hybridized carbons (Fsp3) is 0.217.